The Hall–Kier alpha value is -1.06. The van der Waals surface area contributed by atoms with Gasteiger partial charge >= 0.3 is 0 Å². The molecule has 1 heterocycles. The van der Waals surface area contributed by atoms with Gasteiger partial charge in [-0.25, -0.2) is 0 Å². The highest BCUT2D eigenvalue weighted by Crippen LogP contribution is 2.18. The maximum Gasteiger partial charge on any atom is 0.221 e. The number of halogens is 1. The van der Waals surface area contributed by atoms with E-state index in [9.17, 15) is 4.79 Å². The van der Waals surface area contributed by atoms with Crippen molar-refractivity contribution in [2.24, 2.45) is 0 Å². The first-order valence-electron chi connectivity index (χ1n) is 6.43. The molecule has 1 aliphatic heterocycles. The molecule has 0 saturated carbocycles. The van der Waals surface area contributed by atoms with E-state index in [-0.39, 0.29) is 18.0 Å². The molecule has 2 atom stereocenters. The molecule has 1 amide bonds. The fraction of sp³-hybridized carbons (Fsp3) is 0.500. The number of benzene rings is 1. The Kier molecular flexibility index (Phi) is 4.61. The predicted molar refractivity (Wildman–Crippen MR) is 73.7 cm³/mol. The molecule has 1 unspecified atom stereocenters. The number of nitrogens with one attached hydrogen (secondary N) is 2. The zero-order chi connectivity index (χ0) is 13.0. The SMILES string of the molecule is C[C@@H](NC1CCCNC(=O)C1)c1ccc(Cl)cc1. The maximum atomic E-state index is 11.5. The molecule has 0 aromatic heterocycles. The van der Waals surface area contributed by atoms with E-state index in [1.807, 2.05) is 24.3 Å². The molecule has 2 rings (SSSR count). The second-order valence-electron chi connectivity index (χ2n) is 4.83. The van der Waals surface area contributed by atoms with E-state index in [0.717, 1.165) is 24.4 Å². The summed E-state index contributed by atoms with van der Waals surface area (Å²) in [6.45, 7) is 2.92. The van der Waals surface area contributed by atoms with Gasteiger partial charge in [0.25, 0.3) is 0 Å². The van der Waals surface area contributed by atoms with Gasteiger partial charge in [-0.2, -0.15) is 0 Å². The average molecular weight is 267 g/mol. The molecule has 1 aliphatic rings. The van der Waals surface area contributed by atoms with Gasteiger partial charge in [-0.05, 0) is 37.5 Å². The molecule has 0 bridgehead atoms. The van der Waals surface area contributed by atoms with E-state index >= 15 is 0 Å². The van der Waals surface area contributed by atoms with Gasteiger partial charge in [-0.15, -0.1) is 0 Å². The summed E-state index contributed by atoms with van der Waals surface area (Å²) in [6.07, 6.45) is 2.64. The summed E-state index contributed by atoms with van der Waals surface area (Å²) in [7, 11) is 0. The minimum Gasteiger partial charge on any atom is -0.356 e. The highest BCUT2D eigenvalue weighted by molar-refractivity contribution is 6.30. The van der Waals surface area contributed by atoms with Crippen LogP contribution >= 0.6 is 11.6 Å². The van der Waals surface area contributed by atoms with E-state index in [4.69, 9.17) is 11.6 Å². The van der Waals surface area contributed by atoms with E-state index in [0.29, 0.717) is 6.42 Å². The molecular formula is C14H19ClN2O. The molecule has 0 aliphatic carbocycles. The number of amides is 1. The standard InChI is InChI=1S/C14H19ClN2O/c1-10(11-4-6-12(15)7-5-11)17-13-3-2-8-16-14(18)9-13/h4-7,10,13,17H,2-3,8-9H2,1H3,(H,16,18)/t10-,13?/m1/s1. The van der Waals surface area contributed by atoms with Crippen LogP contribution in [-0.2, 0) is 4.79 Å². The number of hydrogen-bond donors (Lipinski definition) is 2. The normalized spacial score (nSPS) is 22.1. The van der Waals surface area contributed by atoms with Crippen molar-refractivity contribution in [1.82, 2.24) is 10.6 Å². The summed E-state index contributed by atoms with van der Waals surface area (Å²) < 4.78 is 0. The van der Waals surface area contributed by atoms with Crippen LogP contribution in [-0.4, -0.2) is 18.5 Å². The first-order valence-corrected chi connectivity index (χ1v) is 6.81. The largest absolute Gasteiger partial charge is 0.356 e. The topological polar surface area (TPSA) is 41.1 Å². The van der Waals surface area contributed by atoms with Crippen LogP contribution in [0.5, 0.6) is 0 Å². The van der Waals surface area contributed by atoms with Gasteiger partial charge in [-0.1, -0.05) is 23.7 Å². The van der Waals surface area contributed by atoms with Crippen molar-refractivity contribution in [2.45, 2.75) is 38.3 Å². The third-order valence-electron chi connectivity index (χ3n) is 3.34. The zero-order valence-corrected chi connectivity index (χ0v) is 11.3. The van der Waals surface area contributed by atoms with E-state index < -0.39 is 0 Å². The third-order valence-corrected chi connectivity index (χ3v) is 3.59. The molecular weight excluding hydrogens is 248 g/mol. The highest BCUT2D eigenvalue weighted by Gasteiger charge is 2.19. The lowest BCUT2D eigenvalue weighted by atomic mass is 10.0. The molecule has 0 spiro atoms. The fourth-order valence-corrected chi connectivity index (χ4v) is 2.44. The van der Waals surface area contributed by atoms with Gasteiger partial charge in [0.15, 0.2) is 0 Å². The molecule has 1 saturated heterocycles. The molecule has 18 heavy (non-hydrogen) atoms. The van der Waals surface area contributed by atoms with Crippen molar-refractivity contribution in [3.05, 3.63) is 34.9 Å². The van der Waals surface area contributed by atoms with Gasteiger partial charge < -0.3 is 10.6 Å². The number of carbonyl (C=O) groups is 1. The van der Waals surface area contributed by atoms with Crippen molar-refractivity contribution in [3.8, 4) is 0 Å². The lowest BCUT2D eigenvalue weighted by molar-refractivity contribution is -0.121. The minimum atomic E-state index is 0.147. The number of carbonyl (C=O) groups excluding carboxylic acids is 1. The summed E-state index contributed by atoms with van der Waals surface area (Å²) in [5.74, 6) is 0.147. The Labute approximate surface area is 113 Å². The van der Waals surface area contributed by atoms with E-state index in [2.05, 4.69) is 17.6 Å². The van der Waals surface area contributed by atoms with Crippen LogP contribution in [0.3, 0.4) is 0 Å². The van der Waals surface area contributed by atoms with Gasteiger partial charge in [-0.3, -0.25) is 4.79 Å². The van der Waals surface area contributed by atoms with Crippen LogP contribution in [0, 0.1) is 0 Å². The van der Waals surface area contributed by atoms with Gasteiger partial charge in [0, 0.05) is 30.1 Å². The van der Waals surface area contributed by atoms with Crippen LogP contribution in [0.4, 0.5) is 0 Å². The first-order chi connectivity index (χ1) is 8.65. The molecule has 2 N–H and O–H groups in total. The molecule has 1 aromatic rings. The zero-order valence-electron chi connectivity index (χ0n) is 10.6. The quantitative estimate of drug-likeness (QED) is 0.883. The Morgan fingerprint density at radius 1 is 1.39 bits per heavy atom. The lowest BCUT2D eigenvalue weighted by Gasteiger charge is -2.21. The van der Waals surface area contributed by atoms with Crippen LogP contribution in [0.25, 0.3) is 0 Å². The summed E-state index contributed by atoms with van der Waals surface area (Å²) in [6, 6.07) is 8.34. The summed E-state index contributed by atoms with van der Waals surface area (Å²) >= 11 is 5.88. The monoisotopic (exact) mass is 266 g/mol. The van der Waals surface area contributed by atoms with Gasteiger partial charge in [0.1, 0.15) is 0 Å². The number of rotatable bonds is 3. The van der Waals surface area contributed by atoms with Crippen molar-refractivity contribution in [2.75, 3.05) is 6.54 Å². The van der Waals surface area contributed by atoms with Crippen molar-refractivity contribution < 1.29 is 4.79 Å². The van der Waals surface area contributed by atoms with Crippen LogP contribution in [0.15, 0.2) is 24.3 Å². The Balaban J connectivity index is 1.95. The molecule has 3 nitrogen and oxygen atoms in total. The van der Waals surface area contributed by atoms with E-state index in [1.165, 1.54) is 5.56 Å². The Morgan fingerprint density at radius 3 is 2.83 bits per heavy atom. The minimum absolute atomic E-state index is 0.147. The van der Waals surface area contributed by atoms with Crippen molar-refractivity contribution >= 4 is 17.5 Å². The number of hydrogen-bond acceptors (Lipinski definition) is 2. The summed E-state index contributed by atoms with van der Waals surface area (Å²) in [4.78, 5) is 11.5. The maximum absolute atomic E-state index is 11.5. The molecule has 1 fully saturated rings. The molecule has 98 valence electrons. The highest BCUT2D eigenvalue weighted by atomic mass is 35.5. The van der Waals surface area contributed by atoms with E-state index in [1.54, 1.807) is 0 Å². The van der Waals surface area contributed by atoms with Crippen LogP contribution in [0.1, 0.15) is 37.8 Å². The van der Waals surface area contributed by atoms with Crippen molar-refractivity contribution in [1.29, 1.82) is 0 Å². The Bertz CT molecular complexity index is 405. The lowest BCUT2D eigenvalue weighted by Crippen LogP contribution is -2.34. The molecule has 4 heteroatoms. The molecule has 1 aromatic carbocycles. The first kappa shape index (κ1) is 13.4. The fourth-order valence-electron chi connectivity index (χ4n) is 2.32. The third kappa shape index (κ3) is 3.72. The second kappa shape index (κ2) is 6.21. The van der Waals surface area contributed by atoms with Crippen LogP contribution in [0.2, 0.25) is 5.02 Å². The summed E-state index contributed by atoms with van der Waals surface area (Å²) in [5, 5.41) is 7.17. The van der Waals surface area contributed by atoms with Gasteiger partial charge in [0.2, 0.25) is 5.91 Å². The predicted octanol–water partition coefficient (Wildman–Crippen LogP) is 2.66. The average Bonchev–Trinajstić information content (AvgIpc) is 2.54. The van der Waals surface area contributed by atoms with Gasteiger partial charge in [0.05, 0.1) is 0 Å². The second-order valence-corrected chi connectivity index (χ2v) is 5.27. The molecule has 0 radical (unpaired) electrons. The van der Waals surface area contributed by atoms with Crippen LogP contribution < -0.4 is 10.6 Å². The Morgan fingerprint density at radius 2 is 2.11 bits per heavy atom. The van der Waals surface area contributed by atoms with Crippen molar-refractivity contribution in [3.63, 3.8) is 0 Å². The smallest absolute Gasteiger partial charge is 0.221 e. The summed E-state index contributed by atoms with van der Waals surface area (Å²) in [5.41, 5.74) is 1.20.